The van der Waals surface area contributed by atoms with Crippen LogP contribution in [0, 0.1) is 0 Å². The first-order chi connectivity index (χ1) is 14.7. The maximum atomic E-state index is 6.67. The Morgan fingerprint density at radius 2 is 1.17 bits per heavy atom. The molecule has 0 heterocycles. The molecule has 1 unspecified atom stereocenters. The molecule has 0 aliphatic rings. The van der Waals surface area contributed by atoms with Gasteiger partial charge < -0.3 is 8.85 Å². The second kappa shape index (κ2) is 14.8. The third-order valence-corrected chi connectivity index (χ3v) is 8.87. The topological polar surface area (TPSA) is 18.5 Å². The molecule has 0 bridgehead atoms. The van der Waals surface area contributed by atoms with Gasteiger partial charge in [0.05, 0.1) is 12.0 Å². The summed E-state index contributed by atoms with van der Waals surface area (Å²) in [4.78, 5) is 0. The number of alkyl halides is 1. The van der Waals surface area contributed by atoms with Gasteiger partial charge in [0, 0.05) is 6.61 Å². The van der Waals surface area contributed by atoms with E-state index >= 15 is 0 Å². The first kappa shape index (κ1) is 25.1. The molecule has 2 aromatic rings. The van der Waals surface area contributed by atoms with E-state index < -0.39 is 8.56 Å². The molecule has 0 spiro atoms. The molecule has 4 heteroatoms. The van der Waals surface area contributed by atoms with E-state index in [-0.39, 0.29) is 5.38 Å². The number of hydrogen-bond donors (Lipinski definition) is 0. The van der Waals surface area contributed by atoms with E-state index in [1.807, 2.05) is 19.1 Å². The Hall–Kier alpha value is -1.13. The predicted octanol–water partition coefficient (Wildman–Crippen LogP) is 6.43. The highest BCUT2D eigenvalue weighted by Crippen LogP contribution is 2.14. The fourth-order valence-corrected chi connectivity index (χ4v) is 7.15. The minimum atomic E-state index is -2.79. The summed E-state index contributed by atoms with van der Waals surface area (Å²) in [5.74, 6) is 0. The molecular formula is C26H39ClO2Si. The van der Waals surface area contributed by atoms with Crippen LogP contribution in [-0.2, 0) is 8.85 Å². The summed E-state index contributed by atoms with van der Waals surface area (Å²) in [6.07, 6.45) is 11.7. The van der Waals surface area contributed by atoms with E-state index in [0.29, 0.717) is 6.61 Å². The summed E-state index contributed by atoms with van der Waals surface area (Å²) in [7, 11) is -2.79. The lowest BCUT2D eigenvalue weighted by atomic mass is 10.1. The van der Waals surface area contributed by atoms with Crippen LogP contribution < -0.4 is 10.4 Å². The maximum absolute atomic E-state index is 6.67. The van der Waals surface area contributed by atoms with Gasteiger partial charge in [-0.15, -0.1) is 11.6 Å². The van der Waals surface area contributed by atoms with Gasteiger partial charge in [-0.25, -0.2) is 0 Å². The second-order valence-electron chi connectivity index (χ2n) is 8.12. The van der Waals surface area contributed by atoms with Crippen LogP contribution in [0.5, 0.6) is 0 Å². The van der Waals surface area contributed by atoms with E-state index in [4.69, 9.17) is 20.5 Å². The van der Waals surface area contributed by atoms with Crippen molar-refractivity contribution in [3.05, 3.63) is 60.7 Å². The Kier molecular flexibility index (Phi) is 12.4. The summed E-state index contributed by atoms with van der Waals surface area (Å²) in [6, 6.07) is 20.9. The molecule has 0 aliphatic heterocycles. The number of halogens is 1. The summed E-state index contributed by atoms with van der Waals surface area (Å²) in [6.45, 7) is 5.45. The summed E-state index contributed by atoms with van der Waals surface area (Å²) < 4.78 is 13.2. The fourth-order valence-electron chi connectivity index (χ4n) is 3.72. The SMILES string of the molecule is CCCCCCCCCCCO[Si](OCC(C)Cl)(c1ccccc1)c1ccccc1. The molecule has 0 aromatic heterocycles. The smallest absolute Gasteiger partial charge is 0.388 e. The van der Waals surface area contributed by atoms with E-state index in [2.05, 4.69) is 55.5 Å². The zero-order valence-electron chi connectivity index (χ0n) is 18.8. The molecular weight excluding hydrogens is 408 g/mol. The quantitative estimate of drug-likeness (QED) is 0.168. The molecule has 0 radical (unpaired) electrons. The highest BCUT2D eigenvalue weighted by Gasteiger charge is 2.42. The van der Waals surface area contributed by atoms with Gasteiger partial charge in [0.15, 0.2) is 0 Å². The van der Waals surface area contributed by atoms with Gasteiger partial charge >= 0.3 is 8.56 Å². The normalized spacial score (nSPS) is 12.8. The Balaban J connectivity index is 1.98. The van der Waals surface area contributed by atoms with Gasteiger partial charge in [0.2, 0.25) is 0 Å². The van der Waals surface area contributed by atoms with Crippen molar-refractivity contribution in [3.8, 4) is 0 Å². The zero-order chi connectivity index (χ0) is 21.5. The predicted molar refractivity (Wildman–Crippen MR) is 132 cm³/mol. The zero-order valence-corrected chi connectivity index (χ0v) is 20.6. The third kappa shape index (κ3) is 8.54. The monoisotopic (exact) mass is 446 g/mol. The van der Waals surface area contributed by atoms with Crippen molar-refractivity contribution in [3.63, 3.8) is 0 Å². The van der Waals surface area contributed by atoms with Crippen molar-refractivity contribution in [2.75, 3.05) is 13.2 Å². The van der Waals surface area contributed by atoms with E-state index in [0.717, 1.165) is 23.4 Å². The standard InChI is InChI=1S/C26H39ClO2Si/c1-3-4-5-6-7-8-9-10-17-22-28-30(29-23-24(2)27,25-18-13-11-14-19-25)26-20-15-12-16-21-26/h11-16,18-21,24H,3-10,17,22-23H2,1-2H3. The molecule has 0 aliphatic carbocycles. The fraction of sp³-hybridized carbons (Fsp3) is 0.538. The van der Waals surface area contributed by atoms with E-state index in [1.54, 1.807) is 0 Å². The van der Waals surface area contributed by atoms with E-state index in [9.17, 15) is 0 Å². The van der Waals surface area contributed by atoms with Gasteiger partial charge in [0.25, 0.3) is 0 Å². The van der Waals surface area contributed by atoms with E-state index in [1.165, 1.54) is 51.4 Å². The average Bonchev–Trinajstić information content (AvgIpc) is 2.78. The molecule has 30 heavy (non-hydrogen) atoms. The van der Waals surface area contributed by atoms with Crippen LogP contribution in [-0.4, -0.2) is 27.2 Å². The third-order valence-electron chi connectivity index (χ3n) is 5.38. The van der Waals surface area contributed by atoms with Crippen LogP contribution in [0.15, 0.2) is 60.7 Å². The van der Waals surface area contributed by atoms with Crippen molar-refractivity contribution in [1.29, 1.82) is 0 Å². The number of benzene rings is 2. The highest BCUT2D eigenvalue weighted by molar-refractivity contribution is 6.92. The highest BCUT2D eigenvalue weighted by atomic mass is 35.5. The van der Waals surface area contributed by atoms with Crippen LogP contribution in [0.25, 0.3) is 0 Å². The lowest BCUT2D eigenvalue weighted by molar-refractivity contribution is 0.189. The molecule has 166 valence electrons. The number of rotatable bonds is 16. The summed E-state index contributed by atoms with van der Waals surface area (Å²) in [5, 5.41) is 2.23. The van der Waals surface area contributed by atoms with Crippen LogP contribution in [0.2, 0.25) is 0 Å². The molecule has 2 nitrogen and oxygen atoms in total. The van der Waals surface area contributed by atoms with Crippen molar-refractivity contribution < 1.29 is 8.85 Å². The van der Waals surface area contributed by atoms with Crippen molar-refractivity contribution in [1.82, 2.24) is 0 Å². The Labute approximate surface area is 190 Å². The molecule has 0 amide bonds. The van der Waals surface area contributed by atoms with Gasteiger partial charge in [-0.1, -0.05) is 119 Å². The molecule has 2 rings (SSSR count). The number of hydrogen-bond acceptors (Lipinski definition) is 2. The first-order valence-electron chi connectivity index (χ1n) is 11.7. The molecule has 0 N–H and O–H groups in total. The lowest BCUT2D eigenvalue weighted by Gasteiger charge is -2.32. The van der Waals surface area contributed by atoms with Crippen molar-refractivity contribution in [2.24, 2.45) is 0 Å². The molecule has 0 saturated carbocycles. The second-order valence-corrected chi connectivity index (χ2v) is 11.8. The van der Waals surface area contributed by atoms with Gasteiger partial charge in [-0.3, -0.25) is 0 Å². The first-order valence-corrected chi connectivity index (χ1v) is 14.0. The average molecular weight is 447 g/mol. The molecule has 0 fully saturated rings. The Morgan fingerprint density at radius 3 is 1.63 bits per heavy atom. The number of unbranched alkanes of at least 4 members (excludes halogenated alkanes) is 8. The maximum Gasteiger partial charge on any atom is 0.407 e. The van der Waals surface area contributed by atoms with Crippen molar-refractivity contribution in [2.45, 2.75) is 77.0 Å². The van der Waals surface area contributed by atoms with Crippen LogP contribution in [0.4, 0.5) is 0 Å². The lowest BCUT2D eigenvalue weighted by Crippen LogP contribution is -2.64. The Bertz CT molecular complexity index is 624. The molecule has 1 atom stereocenters. The largest absolute Gasteiger partial charge is 0.407 e. The molecule has 0 saturated heterocycles. The van der Waals surface area contributed by atoms with Gasteiger partial charge in [-0.05, 0) is 23.7 Å². The Morgan fingerprint density at radius 1 is 0.700 bits per heavy atom. The van der Waals surface area contributed by atoms with Crippen LogP contribution in [0.1, 0.15) is 71.6 Å². The van der Waals surface area contributed by atoms with Crippen LogP contribution in [0.3, 0.4) is 0 Å². The summed E-state index contributed by atoms with van der Waals surface area (Å²) >= 11 is 6.26. The van der Waals surface area contributed by atoms with Gasteiger partial charge in [0.1, 0.15) is 0 Å². The van der Waals surface area contributed by atoms with Gasteiger partial charge in [-0.2, -0.15) is 0 Å². The molecule has 2 aromatic carbocycles. The summed E-state index contributed by atoms with van der Waals surface area (Å²) in [5.41, 5.74) is 0. The van der Waals surface area contributed by atoms with Crippen molar-refractivity contribution >= 4 is 30.5 Å². The minimum Gasteiger partial charge on any atom is -0.388 e. The minimum absolute atomic E-state index is 0.0550. The van der Waals surface area contributed by atoms with Crippen LogP contribution >= 0.6 is 11.6 Å².